The lowest BCUT2D eigenvalue weighted by atomic mass is 10.1. The Labute approximate surface area is 112 Å². The monoisotopic (exact) mass is 251 g/mol. The van der Waals surface area contributed by atoms with E-state index in [1.54, 1.807) is 0 Å². The van der Waals surface area contributed by atoms with Crippen molar-refractivity contribution < 1.29 is 0 Å². The highest BCUT2D eigenvalue weighted by molar-refractivity contribution is 5.83. The number of hydrogen-bond donors (Lipinski definition) is 1. The second-order valence-corrected chi connectivity index (χ2v) is 5.02. The average Bonchev–Trinajstić information content (AvgIpc) is 2.70. The van der Waals surface area contributed by atoms with Gasteiger partial charge in [0.25, 0.3) is 0 Å². The van der Waals surface area contributed by atoms with Crippen molar-refractivity contribution in [2.45, 2.75) is 20.8 Å². The highest BCUT2D eigenvalue weighted by atomic mass is 15.2. The molecule has 0 saturated heterocycles. The first-order valence-corrected chi connectivity index (χ1v) is 6.39. The van der Waals surface area contributed by atoms with Crippen LogP contribution in [0.1, 0.15) is 16.7 Å². The number of aromatic nitrogens is 2. The van der Waals surface area contributed by atoms with Gasteiger partial charge in [-0.2, -0.15) is 0 Å². The van der Waals surface area contributed by atoms with Gasteiger partial charge in [0, 0.05) is 5.69 Å². The molecule has 0 aliphatic carbocycles. The third-order valence-corrected chi connectivity index (χ3v) is 3.65. The van der Waals surface area contributed by atoms with Crippen LogP contribution in [0.15, 0.2) is 36.4 Å². The quantitative estimate of drug-likeness (QED) is 0.719. The second-order valence-electron chi connectivity index (χ2n) is 5.02. The summed E-state index contributed by atoms with van der Waals surface area (Å²) in [5.74, 6) is 0.535. The van der Waals surface area contributed by atoms with Crippen molar-refractivity contribution in [3.8, 4) is 5.69 Å². The standard InChI is InChI=1S/C16H17N3/c1-10-7-8-13(9-12(10)3)19-15-11(2)5-4-6-14(15)18-16(19)17/h4-9H,1-3H3,(H2,17,18). The summed E-state index contributed by atoms with van der Waals surface area (Å²) in [6.07, 6.45) is 0. The molecule has 3 rings (SSSR count). The van der Waals surface area contributed by atoms with Gasteiger partial charge in [0.05, 0.1) is 11.0 Å². The van der Waals surface area contributed by atoms with Crippen molar-refractivity contribution in [3.05, 3.63) is 53.1 Å². The summed E-state index contributed by atoms with van der Waals surface area (Å²) < 4.78 is 2.02. The van der Waals surface area contributed by atoms with Gasteiger partial charge in [-0.25, -0.2) is 4.98 Å². The highest BCUT2D eigenvalue weighted by Gasteiger charge is 2.12. The van der Waals surface area contributed by atoms with Gasteiger partial charge in [-0.3, -0.25) is 4.57 Å². The third kappa shape index (κ3) is 1.78. The summed E-state index contributed by atoms with van der Waals surface area (Å²) >= 11 is 0. The zero-order valence-electron chi connectivity index (χ0n) is 11.4. The zero-order valence-corrected chi connectivity index (χ0v) is 11.4. The number of hydrogen-bond acceptors (Lipinski definition) is 2. The summed E-state index contributed by atoms with van der Waals surface area (Å²) in [5, 5.41) is 0. The van der Waals surface area contributed by atoms with Gasteiger partial charge >= 0.3 is 0 Å². The van der Waals surface area contributed by atoms with E-state index in [1.807, 2.05) is 16.7 Å². The molecule has 0 bridgehead atoms. The lowest BCUT2D eigenvalue weighted by molar-refractivity contribution is 1.09. The second kappa shape index (κ2) is 4.12. The smallest absolute Gasteiger partial charge is 0.205 e. The maximum atomic E-state index is 6.09. The summed E-state index contributed by atoms with van der Waals surface area (Å²) in [7, 11) is 0. The van der Waals surface area contributed by atoms with Gasteiger partial charge in [0.15, 0.2) is 0 Å². The topological polar surface area (TPSA) is 43.8 Å². The molecule has 0 spiro atoms. The maximum Gasteiger partial charge on any atom is 0.205 e. The van der Waals surface area contributed by atoms with Crippen molar-refractivity contribution in [3.63, 3.8) is 0 Å². The van der Waals surface area contributed by atoms with E-state index in [4.69, 9.17) is 5.73 Å². The van der Waals surface area contributed by atoms with Crippen molar-refractivity contribution in [1.82, 2.24) is 9.55 Å². The average molecular weight is 251 g/mol. The molecule has 0 radical (unpaired) electrons. The number of nitrogens with two attached hydrogens (primary N) is 1. The molecule has 1 aromatic heterocycles. The number of anilines is 1. The van der Waals surface area contributed by atoms with Crippen molar-refractivity contribution in [1.29, 1.82) is 0 Å². The van der Waals surface area contributed by atoms with E-state index in [2.05, 4.69) is 50.0 Å². The first-order chi connectivity index (χ1) is 9.08. The van der Waals surface area contributed by atoms with E-state index in [0.29, 0.717) is 5.95 Å². The Morgan fingerprint density at radius 3 is 2.47 bits per heavy atom. The number of fused-ring (bicyclic) bond motifs is 1. The van der Waals surface area contributed by atoms with Crippen LogP contribution in [-0.2, 0) is 0 Å². The molecule has 96 valence electrons. The van der Waals surface area contributed by atoms with Crippen LogP contribution in [0.2, 0.25) is 0 Å². The Bertz CT molecular complexity index is 769. The Kier molecular flexibility index (Phi) is 2.56. The van der Waals surface area contributed by atoms with Gasteiger partial charge in [-0.05, 0) is 55.7 Å². The predicted octanol–water partition coefficient (Wildman–Crippen LogP) is 3.53. The summed E-state index contributed by atoms with van der Waals surface area (Å²) in [6.45, 7) is 6.31. The lowest BCUT2D eigenvalue weighted by Crippen LogP contribution is -2.02. The molecule has 0 aliphatic heterocycles. The van der Waals surface area contributed by atoms with E-state index in [0.717, 1.165) is 16.7 Å². The first-order valence-electron chi connectivity index (χ1n) is 6.39. The van der Waals surface area contributed by atoms with Crippen molar-refractivity contribution in [2.24, 2.45) is 0 Å². The number of aryl methyl sites for hydroxylation is 3. The maximum absolute atomic E-state index is 6.09. The van der Waals surface area contributed by atoms with Gasteiger partial charge in [0.2, 0.25) is 5.95 Å². The van der Waals surface area contributed by atoms with E-state index in [9.17, 15) is 0 Å². The fourth-order valence-corrected chi connectivity index (χ4v) is 2.44. The Morgan fingerprint density at radius 2 is 1.74 bits per heavy atom. The molecular formula is C16H17N3. The molecule has 3 heteroatoms. The van der Waals surface area contributed by atoms with Crippen LogP contribution in [0.3, 0.4) is 0 Å². The molecule has 2 N–H and O–H groups in total. The van der Waals surface area contributed by atoms with Crippen molar-refractivity contribution >= 4 is 17.0 Å². The number of para-hydroxylation sites is 1. The fraction of sp³-hybridized carbons (Fsp3) is 0.188. The number of nitrogens with zero attached hydrogens (tertiary/aromatic N) is 2. The largest absolute Gasteiger partial charge is 0.369 e. The molecule has 0 saturated carbocycles. The number of benzene rings is 2. The minimum Gasteiger partial charge on any atom is -0.369 e. The van der Waals surface area contributed by atoms with Gasteiger partial charge < -0.3 is 5.73 Å². The fourth-order valence-electron chi connectivity index (χ4n) is 2.44. The van der Waals surface area contributed by atoms with Crippen LogP contribution < -0.4 is 5.73 Å². The molecule has 2 aromatic carbocycles. The predicted molar refractivity (Wildman–Crippen MR) is 79.7 cm³/mol. The molecule has 0 atom stereocenters. The zero-order chi connectivity index (χ0) is 13.6. The molecule has 0 fully saturated rings. The van der Waals surface area contributed by atoms with Gasteiger partial charge in [-0.15, -0.1) is 0 Å². The molecular weight excluding hydrogens is 234 g/mol. The Hall–Kier alpha value is -2.29. The van der Waals surface area contributed by atoms with Crippen LogP contribution in [0.4, 0.5) is 5.95 Å². The van der Waals surface area contributed by atoms with Crippen LogP contribution in [0.5, 0.6) is 0 Å². The highest BCUT2D eigenvalue weighted by Crippen LogP contribution is 2.26. The molecule has 0 unspecified atom stereocenters. The van der Waals surface area contributed by atoms with E-state index >= 15 is 0 Å². The van der Waals surface area contributed by atoms with Crippen LogP contribution in [0.25, 0.3) is 16.7 Å². The lowest BCUT2D eigenvalue weighted by Gasteiger charge is -2.10. The molecule has 0 aliphatic rings. The number of imidazole rings is 1. The Balaban J connectivity index is 2.35. The van der Waals surface area contributed by atoms with Crippen molar-refractivity contribution in [2.75, 3.05) is 5.73 Å². The third-order valence-electron chi connectivity index (χ3n) is 3.65. The molecule has 0 amide bonds. The van der Waals surface area contributed by atoms with Gasteiger partial charge in [-0.1, -0.05) is 18.2 Å². The summed E-state index contributed by atoms with van der Waals surface area (Å²) in [6, 6.07) is 12.5. The summed E-state index contributed by atoms with van der Waals surface area (Å²) in [4.78, 5) is 4.44. The molecule has 19 heavy (non-hydrogen) atoms. The normalized spacial score (nSPS) is 11.1. The first kappa shape index (κ1) is 11.8. The van der Waals surface area contributed by atoms with Crippen LogP contribution in [-0.4, -0.2) is 9.55 Å². The Morgan fingerprint density at radius 1 is 0.947 bits per heavy atom. The van der Waals surface area contributed by atoms with E-state index < -0.39 is 0 Å². The van der Waals surface area contributed by atoms with E-state index in [-0.39, 0.29) is 0 Å². The SMILES string of the molecule is Cc1ccc(-n2c(N)nc3cccc(C)c32)cc1C. The minimum absolute atomic E-state index is 0.535. The number of nitrogen functional groups attached to an aromatic ring is 1. The minimum atomic E-state index is 0.535. The molecule has 1 heterocycles. The summed E-state index contributed by atoms with van der Waals surface area (Å²) in [5.41, 5.74) is 12.9. The van der Waals surface area contributed by atoms with Crippen LogP contribution >= 0.6 is 0 Å². The molecule has 3 aromatic rings. The molecule has 3 nitrogen and oxygen atoms in total. The number of rotatable bonds is 1. The van der Waals surface area contributed by atoms with Gasteiger partial charge in [0.1, 0.15) is 0 Å². The van der Waals surface area contributed by atoms with Crippen LogP contribution in [0, 0.1) is 20.8 Å². The van der Waals surface area contributed by atoms with E-state index in [1.165, 1.54) is 16.7 Å².